The van der Waals surface area contributed by atoms with Crippen LogP contribution in [0.15, 0.2) is 12.4 Å². The Hall–Kier alpha value is -1.66. The van der Waals surface area contributed by atoms with E-state index < -0.39 is 12.0 Å². The fourth-order valence-corrected chi connectivity index (χ4v) is 9.39. The van der Waals surface area contributed by atoms with Crippen molar-refractivity contribution in [3.05, 3.63) is 18.2 Å². The molecule has 0 saturated heterocycles. The van der Waals surface area contributed by atoms with Gasteiger partial charge in [0.05, 0.1) is 12.4 Å². The number of carbonyl (C=O) groups excluding carboxylic acids is 1. The zero-order valence-electron chi connectivity index (χ0n) is 21.4. The van der Waals surface area contributed by atoms with Gasteiger partial charge in [-0.05, 0) is 91.3 Å². The van der Waals surface area contributed by atoms with Gasteiger partial charge in [-0.1, -0.05) is 34.1 Å². The summed E-state index contributed by atoms with van der Waals surface area (Å²) in [5.41, 5.74) is -0.0358. The molecular weight excluding hydrogens is 453 g/mol. The maximum Gasteiger partial charge on any atom is 0.451 e. The van der Waals surface area contributed by atoms with Crippen molar-refractivity contribution in [1.82, 2.24) is 9.97 Å². The Bertz CT molecular complexity index is 935. The Morgan fingerprint density at radius 3 is 2.37 bits per heavy atom. The summed E-state index contributed by atoms with van der Waals surface area (Å²) < 4.78 is 43.8. The molecule has 0 N–H and O–H groups in total. The van der Waals surface area contributed by atoms with E-state index in [1.165, 1.54) is 38.5 Å². The third-order valence-corrected chi connectivity index (χ3v) is 10.8. The van der Waals surface area contributed by atoms with Crippen molar-refractivity contribution >= 4 is 5.78 Å². The Morgan fingerprint density at radius 1 is 1.00 bits per heavy atom. The molecule has 1 aromatic rings. The number of halogens is 3. The van der Waals surface area contributed by atoms with Gasteiger partial charge in [0, 0.05) is 5.92 Å². The molecule has 0 aromatic carbocycles. The third kappa shape index (κ3) is 4.29. The van der Waals surface area contributed by atoms with Gasteiger partial charge in [-0.15, -0.1) is 0 Å². The standard InChI is InChI=1S/C28H39F3N2O2/c1-15-5-7-20-18(11-15)6-8-22-21(20)9-10-27(4)24(22)16(2)17(3)25(27)23(34)14-35-19-12-32-26(33-13-19)28(29,30)31/h12-13,15-18,20-22,24-25H,5-11,14H2,1-4H3/t15-,16+,17-,18+,20-,21+,22+,24?,25+,27-/m0/s1. The topological polar surface area (TPSA) is 52.1 Å². The second-order valence-corrected chi connectivity index (χ2v) is 12.5. The molecule has 4 aliphatic rings. The second-order valence-electron chi connectivity index (χ2n) is 12.5. The summed E-state index contributed by atoms with van der Waals surface area (Å²) in [6.45, 7) is 9.18. The number of ketones is 1. The Kier molecular flexibility index (Phi) is 6.45. The Labute approximate surface area is 206 Å². The normalized spacial score (nSPS) is 43.1. The molecule has 4 fully saturated rings. The van der Waals surface area contributed by atoms with Gasteiger partial charge >= 0.3 is 6.18 Å². The minimum absolute atomic E-state index is 0.0358. The van der Waals surface area contributed by atoms with Crippen LogP contribution < -0.4 is 4.74 Å². The van der Waals surface area contributed by atoms with Crippen molar-refractivity contribution in [2.75, 3.05) is 6.61 Å². The molecule has 1 heterocycles. The number of hydrogen-bond donors (Lipinski definition) is 0. The molecule has 0 amide bonds. The van der Waals surface area contributed by atoms with E-state index >= 15 is 0 Å². The van der Waals surface area contributed by atoms with E-state index in [9.17, 15) is 18.0 Å². The number of Topliss-reactive ketones (excluding diaryl/α,β-unsaturated/α-hetero) is 1. The maximum atomic E-state index is 13.5. The number of nitrogens with zero attached hydrogens (tertiary/aromatic N) is 2. The van der Waals surface area contributed by atoms with Crippen molar-refractivity contribution < 1.29 is 22.7 Å². The molecule has 0 spiro atoms. The molecule has 1 unspecified atom stereocenters. The van der Waals surface area contributed by atoms with Gasteiger partial charge in [0.15, 0.2) is 11.5 Å². The van der Waals surface area contributed by atoms with Gasteiger partial charge in [0.25, 0.3) is 0 Å². The molecule has 0 bridgehead atoms. The summed E-state index contributed by atoms with van der Waals surface area (Å²) >= 11 is 0. The number of ether oxygens (including phenoxy) is 1. The van der Waals surface area contributed by atoms with Crippen LogP contribution in [0, 0.1) is 58.7 Å². The number of aromatic nitrogens is 2. The average Bonchev–Trinajstić information content (AvgIpc) is 3.02. The zero-order valence-corrected chi connectivity index (χ0v) is 21.4. The average molecular weight is 493 g/mol. The minimum Gasteiger partial charge on any atom is -0.483 e. The molecule has 4 aliphatic carbocycles. The van der Waals surface area contributed by atoms with Gasteiger partial charge in [-0.25, -0.2) is 9.97 Å². The van der Waals surface area contributed by atoms with E-state index in [0.717, 1.165) is 42.5 Å². The van der Waals surface area contributed by atoms with Gasteiger partial charge in [0.1, 0.15) is 6.61 Å². The third-order valence-electron chi connectivity index (χ3n) is 10.8. The quantitative estimate of drug-likeness (QED) is 0.462. The summed E-state index contributed by atoms with van der Waals surface area (Å²) in [4.78, 5) is 20.2. The predicted octanol–water partition coefficient (Wildman–Crippen LogP) is 6.84. The van der Waals surface area contributed by atoms with Gasteiger partial charge in [-0.2, -0.15) is 13.2 Å². The lowest BCUT2D eigenvalue weighted by Gasteiger charge is -2.56. The number of hydrogen-bond acceptors (Lipinski definition) is 4. The molecule has 7 heteroatoms. The van der Waals surface area contributed by atoms with Crippen molar-refractivity contribution in [3.8, 4) is 5.75 Å². The first-order chi connectivity index (χ1) is 16.5. The highest BCUT2D eigenvalue weighted by atomic mass is 19.4. The van der Waals surface area contributed by atoms with Crippen LogP contribution >= 0.6 is 0 Å². The summed E-state index contributed by atoms with van der Waals surface area (Å²) in [7, 11) is 0. The first-order valence-corrected chi connectivity index (χ1v) is 13.6. The summed E-state index contributed by atoms with van der Waals surface area (Å²) in [5, 5.41) is 0. The van der Waals surface area contributed by atoms with Crippen LogP contribution in [-0.4, -0.2) is 22.4 Å². The monoisotopic (exact) mass is 492 g/mol. The van der Waals surface area contributed by atoms with E-state index in [1.807, 2.05) is 0 Å². The van der Waals surface area contributed by atoms with Crippen LogP contribution in [0.3, 0.4) is 0 Å². The number of carbonyl (C=O) groups is 1. The van der Waals surface area contributed by atoms with Crippen LogP contribution in [0.2, 0.25) is 0 Å². The van der Waals surface area contributed by atoms with Crippen LogP contribution in [-0.2, 0) is 11.0 Å². The largest absolute Gasteiger partial charge is 0.483 e. The summed E-state index contributed by atoms with van der Waals surface area (Å²) in [6.07, 6.45) is 6.52. The second kappa shape index (κ2) is 9.02. The van der Waals surface area contributed by atoms with Crippen LogP contribution in [0.1, 0.15) is 78.5 Å². The number of rotatable bonds is 4. The highest BCUT2D eigenvalue weighted by Crippen LogP contribution is 2.67. The highest BCUT2D eigenvalue weighted by molar-refractivity contribution is 5.84. The first-order valence-electron chi connectivity index (χ1n) is 13.6. The molecular formula is C28H39F3N2O2. The predicted molar refractivity (Wildman–Crippen MR) is 126 cm³/mol. The van der Waals surface area contributed by atoms with Gasteiger partial charge in [-0.3, -0.25) is 4.79 Å². The molecule has 4 nitrogen and oxygen atoms in total. The summed E-state index contributed by atoms with van der Waals surface area (Å²) in [6, 6.07) is 0. The smallest absolute Gasteiger partial charge is 0.451 e. The lowest BCUT2D eigenvalue weighted by Crippen LogP contribution is -2.50. The fraction of sp³-hybridized carbons (Fsp3) is 0.821. The van der Waals surface area contributed by atoms with E-state index in [2.05, 4.69) is 37.7 Å². The highest BCUT2D eigenvalue weighted by Gasteiger charge is 2.63. The Balaban J connectivity index is 1.29. The molecule has 35 heavy (non-hydrogen) atoms. The molecule has 5 rings (SSSR count). The first kappa shape index (κ1) is 25.0. The van der Waals surface area contributed by atoms with Crippen LogP contribution in [0.4, 0.5) is 13.2 Å². The number of fused-ring (bicyclic) bond motifs is 5. The molecule has 10 atom stereocenters. The molecule has 0 aliphatic heterocycles. The van der Waals surface area contributed by atoms with E-state index in [0.29, 0.717) is 17.8 Å². The molecule has 4 saturated carbocycles. The molecule has 0 radical (unpaired) electrons. The van der Waals surface area contributed by atoms with E-state index in [4.69, 9.17) is 4.74 Å². The van der Waals surface area contributed by atoms with E-state index in [1.54, 1.807) is 0 Å². The number of alkyl halides is 3. The van der Waals surface area contributed by atoms with E-state index in [-0.39, 0.29) is 35.4 Å². The van der Waals surface area contributed by atoms with Gasteiger partial charge < -0.3 is 4.74 Å². The Morgan fingerprint density at radius 2 is 1.69 bits per heavy atom. The van der Waals surface area contributed by atoms with Crippen molar-refractivity contribution in [3.63, 3.8) is 0 Å². The lowest BCUT2D eigenvalue weighted by molar-refractivity contribution is -0.145. The lowest BCUT2D eigenvalue weighted by atomic mass is 9.48. The molecule has 194 valence electrons. The maximum absolute atomic E-state index is 13.5. The minimum atomic E-state index is -4.60. The van der Waals surface area contributed by atoms with Crippen LogP contribution in [0.5, 0.6) is 5.75 Å². The van der Waals surface area contributed by atoms with Crippen molar-refractivity contribution in [1.29, 1.82) is 0 Å². The molecule has 1 aromatic heterocycles. The van der Waals surface area contributed by atoms with Crippen molar-refractivity contribution in [2.24, 2.45) is 58.7 Å². The summed E-state index contributed by atoms with van der Waals surface area (Å²) in [5.74, 6) is 4.34. The van der Waals surface area contributed by atoms with Crippen LogP contribution in [0.25, 0.3) is 0 Å². The van der Waals surface area contributed by atoms with Crippen molar-refractivity contribution in [2.45, 2.75) is 78.8 Å². The zero-order chi connectivity index (χ0) is 25.1. The fourth-order valence-electron chi connectivity index (χ4n) is 9.39. The van der Waals surface area contributed by atoms with Gasteiger partial charge in [0.2, 0.25) is 5.82 Å². The SMILES string of the molecule is C[C@H]1CC[C@H]2[C@H](CC[C@H]3C4[C@H](C)[C@H](C)[C@H](C(=O)COc5cnc(C(F)(F)F)nc5)[C@@]4(C)CC[C@H]23)C1.